The normalized spacial score (nSPS) is 11.9. The zero-order valence-electron chi connectivity index (χ0n) is 14.8. The predicted molar refractivity (Wildman–Crippen MR) is 107 cm³/mol. The lowest BCUT2D eigenvalue weighted by atomic mass is 10.1. The monoisotopic (exact) mass is 372 g/mol. The third-order valence-electron chi connectivity index (χ3n) is 4.41. The number of hydrogen-bond donors (Lipinski definition) is 2. The van der Waals surface area contributed by atoms with Gasteiger partial charge in [-0.1, -0.05) is 60.7 Å². The smallest absolute Gasteiger partial charge is 0.244 e. The third kappa shape index (κ3) is 3.53. The topological polar surface area (TPSA) is 80.9 Å². The Morgan fingerprint density at radius 1 is 0.893 bits per heavy atom. The number of amides is 1. The number of carbonyl (C=O) groups excluding carboxylic acids is 1. The van der Waals surface area contributed by atoms with Crippen LogP contribution in [-0.2, 0) is 4.79 Å². The van der Waals surface area contributed by atoms with Crippen molar-refractivity contribution in [3.8, 4) is 11.3 Å². The summed E-state index contributed by atoms with van der Waals surface area (Å²) in [6.45, 7) is 0. The molecule has 0 saturated heterocycles. The average Bonchev–Trinajstić information content (AvgIpc) is 2.72. The highest BCUT2D eigenvalue weighted by Gasteiger charge is 2.20. The molecule has 3 aromatic carbocycles. The van der Waals surface area contributed by atoms with Crippen LogP contribution in [0, 0.1) is 5.82 Å². The van der Waals surface area contributed by atoms with Crippen LogP contribution in [0.25, 0.3) is 22.2 Å². The van der Waals surface area contributed by atoms with Crippen LogP contribution in [0.3, 0.4) is 0 Å². The Morgan fingerprint density at radius 3 is 2.29 bits per heavy atom. The number of hydrogen-bond acceptors (Lipinski definition) is 4. The van der Waals surface area contributed by atoms with Crippen molar-refractivity contribution in [2.24, 2.45) is 5.73 Å². The molecule has 1 unspecified atom stereocenters. The first kappa shape index (κ1) is 17.6. The van der Waals surface area contributed by atoms with Gasteiger partial charge in [0.15, 0.2) is 0 Å². The fourth-order valence-electron chi connectivity index (χ4n) is 3.06. The Hall–Kier alpha value is -3.80. The van der Waals surface area contributed by atoms with Crippen LogP contribution in [0.4, 0.5) is 10.3 Å². The SMILES string of the molecule is NC(=O)C(Nc1nc(-c2ccccc2)c2ccccc2n1)c1ccc(F)cc1. The summed E-state index contributed by atoms with van der Waals surface area (Å²) in [6.07, 6.45) is 0. The summed E-state index contributed by atoms with van der Waals surface area (Å²) in [5.41, 5.74) is 8.52. The van der Waals surface area contributed by atoms with Crippen LogP contribution in [-0.4, -0.2) is 15.9 Å². The molecule has 1 amide bonds. The molecule has 1 atom stereocenters. The minimum Gasteiger partial charge on any atom is -0.368 e. The number of fused-ring (bicyclic) bond motifs is 1. The van der Waals surface area contributed by atoms with Crippen molar-refractivity contribution in [1.29, 1.82) is 0 Å². The molecule has 4 rings (SSSR count). The molecule has 6 heteroatoms. The van der Waals surface area contributed by atoms with E-state index in [9.17, 15) is 9.18 Å². The van der Waals surface area contributed by atoms with Crippen molar-refractivity contribution in [2.45, 2.75) is 6.04 Å². The van der Waals surface area contributed by atoms with Gasteiger partial charge in [0.1, 0.15) is 11.9 Å². The van der Waals surface area contributed by atoms with Gasteiger partial charge in [-0.25, -0.2) is 14.4 Å². The largest absolute Gasteiger partial charge is 0.368 e. The van der Waals surface area contributed by atoms with Gasteiger partial charge < -0.3 is 11.1 Å². The van der Waals surface area contributed by atoms with E-state index >= 15 is 0 Å². The molecule has 5 nitrogen and oxygen atoms in total. The maximum atomic E-state index is 13.2. The molecule has 4 aromatic rings. The molecule has 0 aliphatic rings. The van der Waals surface area contributed by atoms with Crippen LogP contribution < -0.4 is 11.1 Å². The molecule has 0 fully saturated rings. The minimum absolute atomic E-state index is 0.269. The molecule has 0 aliphatic heterocycles. The van der Waals surface area contributed by atoms with Crippen molar-refractivity contribution in [2.75, 3.05) is 5.32 Å². The summed E-state index contributed by atoms with van der Waals surface area (Å²) in [5, 5.41) is 3.90. The summed E-state index contributed by atoms with van der Waals surface area (Å²) in [7, 11) is 0. The fraction of sp³-hybridized carbons (Fsp3) is 0.0455. The minimum atomic E-state index is -0.884. The molecule has 3 N–H and O–H groups in total. The van der Waals surface area contributed by atoms with E-state index in [0.29, 0.717) is 5.56 Å². The van der Waals surface area contributed by atoms with Crippen molar-refractivity contribution < 1.29 is 9.18 Å². The molecule has 138 valence electrons. The lowest BCUT2D eigenvalue weighted by molar-refractivity contribution is -0.118. The third-order valence-corrected chi connectivity index (χ3v) is 4.41. The number of rotatable bonds is 5. The number of halogens is 1. The van der Waals surface area contributed by atoms with Crippen molar-refractivity contribution in [3.05, 3.63) is 90.2 Å². The Bertz CT molecular complexity index is 1130. The van der Waals surface area contributed by atoms with Crippen LogP contribution in [0.1, 0.15) is 11.6 Å². The zero-order valence-corrected chi connectivity index (χ0v) is 14.8. The second kappa shape index (κ2) is 7.44. The molecule has 28 heavy (non-hydrogen) atoms. The lowest BCUT2D eigenvalue weighted by Gasteiger charge is -2.17. The highest BCUT2D eigenvalue weighted by molar-refractivity contribution is 5.93. The Labute approximate surface area is 161 Å². The first-order valence-electron chi connectivity index (χ1n) is 8.75. The van der Waals surface area contributed by atoms with Gasteiger partial charge in [-0.15, -0.1) is 0 Å². The summed E-state index contributed by atoms with van der Waals surface area (Å²) < 4.78 is 13.2. The summed E-state index contributed by atoms with van der Waals surface area (Å²) in [5.74, 6) is -0.726. The molecule has 0 saturated carbocycles. The molecule has 0 bridgehead atoms. The van der Waals surface area contributed by atoms with Crippen molar-refractivity contribution in [1.82, 2.24) is 9.97 Å². The lowest BCUT2D eigenvalue weighted by Crippen LogP contribution is -2.28. The van der Waals surface area contributed by atoms with Gasteiger partial charge in [0.05, 0.1) is 11.2 Å². The fourth-order valence-corrected chi connectivity index (χ4v) is 3.06. The second-order valence-corrected chi connectivity index (χ2v) is 6.31. The Kier molecular flexibility index (Phi) is 4.68. The van der Waals surface area contributed by atoms with E-state index in [-0.39, 0.29) is 11.8 Å². The number of nitrogens with one attached hydrogen (secondary N) is 1. The van der Waals surface area contributed by atoms with Crippen LogP contribution >= 0.6 is 0 Å². The number of anilines is 1. The molecule has 1 heterocycles. The first-order valence-corrected chi connectivity index (χ1v) is 8.75. The quantitative estimate of drug-likeness (QED) is 0.553. The highest BCUT2D eigenvalue weighted by Crippen LogP contribution is 2.28. The summed E-state index contributed by atoms with van der Waals surface area (Å²) in [4.78, 5) is 21.2. The number of benzene rings is 3. The van der Waals surface area contributed by atoms with Gasteiger partial charge in [-0.3, -0.25) is 4.79 Å². The number of carbonyl (C=O) groups is 1. The average molecular weight is 372 g/mol. The number of nitrogens with two attached hydrogens (primary N) is 1. The molecular weight excluding hydrogens is 355 g/mol. The number of aromatic nitrogens is 2. The molecule has 0 spiro atoms. The van der Waals surface area contributed by atoms with E-state index in [2.05, 4.69) is 15.3 Å². The number of para-hydroxylation sites is 1. The van der Waals surface area contributed by atoms with E-state index < -0.39 is 11.9 Å². The predicted octanol–water partition coefficient (Wildman–Crippen LogP) is 4.07. The number of primary amides is 1. The van der Waals surface area contributed by atoms with Gasteiger partial charge in [0.25, 0.3) is 0 Å². The summed E-state index contributed by atoms with van der Waals surface area (Å²) >= 11 is 0. The van der Waals surface area contributed by atoms with E-state index in [4.69, 9.17) is 5.73 Å². The molecule has 0 radical (unpaired) electrons. The second-order valence-electron chi connectivity index (χ2n) is 6.31. The van der Waals surface area contributed by atoms with Gasteiger partial charge >= 0.3 is 0 Å². The standard InChI is InChI=1S/C22H17FN4O/c23-16-12-10-15(11-13-16)20(21(24)28)27-22-25-18-9-5-4-8-17(18)19(26-22)14-6-2-1-3-7-14/h1-13,20H,(H2,24,28)(H,25,26,27). The molecule has 1 aromatic heterocycles. The van der Waals surface area contributed by atoms with Crippen LogP contribution in [0.2, 0.25) is 0 Å². The van der Waals surface area contributed by atoms with Gasteiger partial charge in [0, 0.05) is 10.9 Å². The Morgan fingerprint density at radius 2 is 1.57 bits per heavy atom. The Balaban J connectivity index is 1.80. The zero-order chi connectivity index (χ0) is 19.5. The molecular formula is C22H17FN4O. The molecule has 0 aliphatic carbocycles. The van der Waals surface area contributed by atoms with Gasteiger partial charge in [0.2, 0.25) is 11.9 Å². The highest BCUT2D eigenvalue weighted by atomic mass is 19.1. The van der Waals surface area contributed by atoms with Crippen molar-refractivity contribution >= 4 is 22.8 Å². The van der Waals surface area contributed by atoms with E-state index in [1.54, 1.807) is 0 Å². The summed E-state index contributed by atoms with van der Waals surface area (Å²) in [6, 6.07) is 22.1. The van der Waals surface area contributed by atoms with Gasteiger partial charge in [-0.05, 0) is 23.8 Å². The van der Waals surface area contributed by atoms with E-state index in [0.717, 1.165) is 22.2 Å². The van der Waals surface area contributed by atoms with E-state index in [1.165, 1.54) is 24.3 Å². The van der Waals surface area contributed by atoms with Crippen molar-refractivity contribution in [3.63, 3.8) is 0 Å². The van der Waals surface area contributed by atoms with Crippen LogP contribution in [0.5, 0.6) is 0 Å². The van der Waals surface area contributed by atoms with Gasteiger partial charge in [-0.2, -0.15) is 0 Å². The maximum absolute atomic E-state index is 13.2. The first-order chi connectivity index (χ1) is 13.6. The maximum Gasteiger partial charge on any atom is 0.244 e. The van der Waals surface area contributed by atoms with E-state index in [1.807, 2.05) is 54.6 Å². The number of nitrogens with zero attached hydrogens (tertiary/aromatic N) is 2. The van der Waals surface area contributed by atoms with Crippen LogP contribution in [0.15, 0.2) is 78.9 Å².